The highest BCUT2D eigenvalue weighted by Crippen LogP contribution is 2.32. The van der Waals surface area contributed by atoms with Gasteiger partial charge in [0.25, 0.3) is 11.8 Å². The number of rotatable bonds is 6. The molecule has 4 rings (SSSR count). The molecule has 8 heteroatoms. The van der Waals surface area contributed by atoms with Crippen molar-refractivity contribution in [3.63, 3.8) is 0 Å². The number of carbonyl (C=O) groups is 6. The fourth-order valence-electron chi connectivity index (χ4n) is 5.67. The van der Waals surface area contributed by atoms with Crippen molar-refractivity contribution < 1.29 is 31.6 Å². The minimum Gasteiger partial charge on any atom is -0.300 e. The molecule has 1 atom stereocenters. The van der Waals surface area contributed by atoms with Gasteiger partial charge in [-0.3, -0.25) is 38.6 Å². The molecular weight excluding hydrogens is 448 g/mol. The molecule has 2 aliphatic carbocycles. The summed E-state index contributed by atoms with van der Waals surface area (Å²) >= 11 is 0. The second kappa shape index (κ2) is 11.9. The molecule has 3 fully saturated rings. The standard InChI is InChI=1S/C14H21NO3.C13H17NO3.2H2/c1-9-7-13(17)15(14(9)18)8-11-3-5-12(6-4-11)10(2)16;1-9(15)11-4-2-10(3-5-11)8-14-12(16)6-7-13(14)17;;/h9,11-12H,3-8H2,1-2H3;6-7,10-11H,2-5,8H2,1H3;2*1H. The maximum absolute atomic E-state index is 11.8. The van der Waals surface area contributed by atoms with Gasteiger partial charge >= 0.3 is 0 Å². The molecule has 0 spiro atoms. The lowest BCUT2D eigenvalue weighted by molar-refractivity contribution is -0.141. The Hall–Kier alpha value is -2.64. The SMILES string of the molecule is CC(=O)C1CCC(CN2C(=O)C=CC2=O)CC1.CC(=O)C1CCC(CN2C(=O)CC(C)C2=O)CC1.[HH].[HH]. The van der Waals surface area contributed by atoms with Crippen LogP contribution in [0.5, 0.6) is 0 Å². The van der Waals surface area contributed by atoms with E-state index in [1.807, 2.05) is 6.92 Å². The van der Waals surface area contributed by atoms with Crippen LogP contribution in [0.1, 0.15) is 81.4 Å². The molecular formula is C27H42N2O6. The van der Waals surface area contributed by atoms with Gasteiger partial charge < -0.3 is 0 Å². The molecule has 0 aromatic heterocycles. The van der Waals surface area contributed by atoms with Gasteiger partial charge in [-0.2, -0.15) is 0 Å². The minimum absolute atomic E-state index is 0. The third-order valence-electron chi connectivity index (χ3n) is 8.09. The van der Waals surface area contributed by atoms with E-state index >= 15 is 0 Å². The van der Waals surface area contributed by atoms with E-state index in [0.717, 1.165) is 51.4 Å². The molecule has 0 radical (unpaired) electrons. The molecule has 8 nitrogen and oxygen atoms in total. The number of Topliss-reactive ketones (excluding diaryl/α,β-unsaturated/α-hetero) is 2. The Kier molecular flexibility index (Phi) is 9.14. The predicted octanol–water partition coefficient (Wildman–Crippen LogP) is 3.58. The average molecular weight is 491 g/mol. The van der Waals surface area contributed by atoms with Gasteiger partial charge in [-0.1, -0.05) is 6.92 Å². The van der Waals surface area contributed by atoms with Gasteiger partial charge in [-0.05, 0) is 77.0 Å². The van der Waals surface area contributed by atoms with Gasteiger partial charge in [-0.15, -0.1) is 0 Å². The topological polar surface area (TPSA) is 109 Å². The maximum Gasteiger partial charge on any atom is 0.253 e. The van der Waals surface area contributed by atoms with Crippen molar-refractivity contribution in [3.8, 4) is 0 Å². The second-order valence-corrected chi connectivity index (χ2v) is 10.7. The average Bonchev–Trinajstić information content (AvgIpc) is 3.27. The molecule has 0 aromatic rings. The summed E-state index contributed by atoms with van der Waals surface area (Å²) < 4.78 is 0. The van der Waals surface area contributed by atoms with E-state index in [9.17, 15) is 28.8 Å². The summed E-state index contributed by atoms with van der Waals surface area (Å²) in [6, 6.07) is 0. The molecule has 1 unspecified atom stereocenters. The van der Waals surface area contributed by atoms with E-state index in [2.05, 4.69) is 0 Å². The van der Waals surface area contributed by atoms with Crippen LogP contribution in [-0.4, -0.2) is 58.1 Å². The Bertz CT molecular complexity index is 887. The molecule has 2 heterocycles. The second-order valence-electron chi connectivity index (χ2n) is 10.7. The highest BCUT2D eigenvalue weighted by Gasteiger charge is 2.37. The number of likely N-dealkylation sites (tertiary alicyclic amines) is 1. The zero-order valence-electron chi connectivity index (χ0n) is 21.2. The summed E-state index contributed by atoms with van der Waals surface area (Å²) in [5, 5.41) is 0. The van der Waals surface area contributed by atoms with Crippen LogP contribution in [0.25, 0.3) is 0 Å². The van der Waals surface area contributed by atoms with E-state index < -0.39 is 0 Å². The van der Waals surface area contributed by atoms with Crippen LogP contribution in [0.15, 0.2) is 12.2 Å². The Morgan fingerprint density at radius 2 is 1.14 bits per heavy atom. The quantitative estimate of drug-likeness (QED) is 0.527. The Balaban J connectivity index is 0.000000351. The first kappa shape index (κ1) is 27.0. The highest BCUT2D eigenvalue weighted by atomic mass is 16.2. The summed E-state index contributed by atoms with van der Waals surface area (Å²) in [5.74, 6) is 1.07. The van der Waals surface area contributed by atoms with E-state index in [-0.39, 0.29) is 55.8 Å². The largest absolute Gasteiger partial charge is 0.300 e. The van der Waals surface area contributed by atoms with Crippen molar-refractivity contribution in [2.75, 3.05) is 13.1 Å². The van der Waals surface area contributed by atoms with E-state index in [0.29, 0.717) is 31.3 Å². The first-order valence-electron chi connectivity index (χ1n) is 12.9. The van der Waals surface area contributed by atoms with Crippen molar-refractivity contribution in [2.45, 2.75) is 78.6 Å². The zero-order chi connectivity index (χ0) is 25.7. The minimum atomic E-state index is -0.205. The number of nitrogens with zero attached hydrogens (tertiary/aromatic N) is 2. The molecule has 196 valence electrons. The van der Waals surface area contributed by atoms with Crippen molar-refractivity contribution >= 4 is 35.2 Å². The van der Waals surface area contributed by atoms with E-state index in [4.69, 9.17) is 0 Å². The Labute approximate surface area is 210 Å². The lowest BCUT2D eigenvalue weighted by Gasteiger charge is -2.29. The zero-order valence-corrected chi connectivity index (χ0v) is 21.2. The highest BCUT2D eigenvalue weighted by molar-refractivity contribution is 6.12. The van der Waals surface area contributed by atoms with Crippen molar-refractivity contribution in [3.05, 3.63) is 12.2 Å². The van der Waals surface area contributed by atoms with E-state index in [1.165, 1.54) is 22.0 Å². The lowest BCUT2D eigenvalue weighted by atomic mass is 9.80. The monoisotopic (exact) mass is 490 g/mol. The number of imide groups is 2. The molecule has 35 heavy (non-hydrogen) atoms. The predicted molar refractivity (Wildman–Crippen MR) is 133 cm³/mol. The molecule has 2 saturated carbocycles. The normalized spacial score (nSPS) is 31.0. The molecule has 4 aliphatic rings. The van der Waals surface area contributed by atoms with Gasteiger partial charge in [0, 0.05) is 52.3 Å². The Morgan fingerprint density at radius 3 is 1.49 bits per heavy atom. The summed E-state index contributed by atoms with van der Waals surface area (Å²) in [7, 11) is 0. The molecule has 1 saturated heterocycles. The lowest BCUT2D eigenvalue weighted by Crippen LogP contribution is -2.36. The fourth-order valence-corrected chi connectivity index (χ4v) is 5.67. The third-order valence-corrected chi connectivity index (χ3v) is 8.09. The Morgan fingerprint density at radius 1 is 0.743 bits per heavy atom. The molecule has 0 bridgehead atoms. The van der Waals surface area contributed by atoms with Crippen molar-refractivity contribution in [1.82, 2.24) is 9.80 Å². The van der Waals surface area contributed by atoms with Gasteiger partial charge in [0.1, 0.15) is 11.6 Å². The maximum atomic E-state index is 11.8. The number of hydrogen-bond donors (Lipinski definition) is 0. The smallest absolute Gasteiger partial charge is 0.253 e. The number of ketones is 2. The number of hydrogen-bond acceptors (Lipinski definition) is 6. The van der Waals surface area contributed by atoms with Gasteiger partial charge in [-0.25, -0.2) is 0 Å². The number of carbonyl (C=O) groups excluding carboxylic acids is 6. The fraction of sp³-hybridized carbons (Fsp3) is 0.704. The summed E-state index contributed by atoms with van der Waals surface area (Å²) in [5.41, 5.74) is 0. The van der Waals surface area contributed by atoms with Gasteiger partial charge in [0.15, 0.2) is 0 Å². The summed E-state index contributed by atoms with van der Waals surface area (Å²) in [4.78, 5) is 71.5. The molecule has 0 N–H and O–H groups in total. The molecule has 2 aliphatic heterocycles. The first-order valence-corrected chi connectivity index (χ1v) is 12.9. The van der Waals surface area contributed by atoms with Crippen LogP contribution in [-0.2, 0) is 28.8 Å². The van der Waals surface area contributed by atoms with Crippen LogP contribution in [0, 0.1) is 29.6 Å². The van der Waals surface area contributed by atoms with Crippen LogP contribution in [0.4, 0.5) is 0 Å². The van der Waals surface area contributed by atoms with Crippen molar-refractivity contribution in [1.29, 1.82) is 0 Å². The number of amides is 4. The molecule has 4 amide bonds. The summed E-state index contributed by atoms with van der Waals surface area (Å²) in [6.45, 7) is 6.18. The van der Waals surface area contributed by atoms with Gasteiger partial charge in [0.2, 0.25) is 11.8 Å². The van der Waals surface area contributed by atoms with Crippen LogP contribution < -0.4 is 0 Å². The van der Waals surface area contributed by atoms with Crippen LogP contribution >= 0.6 is 0 Å². The first-order chi connectivity index (χ1) is 16.6. The van der Waals surface area contributed by atoms with Crippen molar-refractivity contribution in [2.24, 2.45) is 29.6 Å². The van der Waals surface area contributed by atoms with Crippen LogP contribution in [0.2, 0.25) is 0 Å². The third kappa shape index (κ3) is 6.95. The van der Waals surface area contributed by atoms with E-state index in [1.54, 1.807) is 13.8 Å². The summed E-state index contributed by atoms with van der Waals surface area (Å²) in [6.07, 6.45) is 10.4. The van der Waals surface area contributed by atoms with Gasteiger partial charge in [0.05, 0.1) is 0 Å². The van der Waals surface area contributed by atoms with Crippen LogP contribution in [0.3, 0.4) is 0 Å². The molecule has 0 aromatic carbocycles.